The number of amides is 1. The van der Waals surface area contributed by atoms with Crippen LogP contribution in [-0.2, 0) is 4.74 Å². The molecule has 0 radical (unpaired) electrons. The molecule has 20 heavy (non-hydrogen) atoms. The minimum absolute atomic E-state index is 0.0661. The third-order valence-electron chi connectivity index (χ3n) is 3.50. The van der Waals surface area contributed by atoms with E-state index in [2.05, 4.69) is 10.6 Å². The first-order valence-electron chi connectivity index (χ1n) is 6.35. The smallest absolute Gasteiger partial charge is 0.293 e. The zero-order valence-corrected chi connectivity index (χ0v) is 11.4. The van der Waals surface area contributed by atoms with Crippen LogP contribution in [-0.4, -0.2) is 37.1 Å². The molecule has 1 aromatic carbocycles. The van der Waals surface area contributed by atoms with Crippen molar-refractivity contribution in [2.24, 2.45) is 0 Å². The lowest BCUT2D eigenvalue weighted by molar-refractivity contribution is -0.384. The molecule has 0 aromatic heterocycles. The molecule has 1 fully saturated rings. The van der Waals surface area contributed by atoms with Gasteiger partial charge in [0.15, 0.2) is 0 Å². The summed E-state index contributed by atoms with van der Waals surface area (Å²) >= 11 is 0. The molecule has 1 aromatic rings. The van der Waals surface area contributed by atoms with E-state index in [1.54, 1.807) is 20.2 Å². The molecule has 2 rings (SSSR count). The van der Waals surface area contributed by atoms with Crippen molar-refractivity contribution >= 4 is 17.3 Å². The summed E-state index contributed by atoms with van der Waals surface area (Å²) in [5, 5.41) is 16.5. The number of methoxy groups -OCH3 is 1. The topological polar surface area (TPSA) is 93.5 Å². The van der Waals surface area contributed by atoms with Crippen LogP contribution in [0.25, 0.3) is 0 Å². The van der Waals surface area contributed by atoms with Gasteiger partial charge < -0.3 is 15.4 Å². The molecule has 0 bridgehead atoms. The third-order valence-corrected chi connectivity index (χ3v) is 3.50. The van der Waals surface area contributed by atoms with Gasteiger partial charge in [-0.25, -0.2) is 0 Å². The van der Waals surface area contributed by atoms with Gasteiger partial charge in [-0.2, -0.15) is 0 Å². The predicted octanol–water partition coefficient (Wildman–Crippen LogP) is 1.54. The number of ether oxygens (including phenoxy) is 1. The van der Waals surface area contributed by atoms with Gasteiger partial charge in [-0.3, -0.25) is 14.9 Å². The Labute approximate surface area is 116 Å². The van der Waals surface area contributed by atoms with Gasteiger partial charge in [-0.15, -0.1) is 0 Å². The van der Waals surface area contributed by atoms with Gasteiger partial charge in [0, 0.05) is 26.3 Å². The highest BCUT2D eigenvalue weighted by Crippen LogP contribution is 2.29. The molecule has 2 N–H and O–H groups in total. The van der Waals surface area contributed by atoms with Gasteiger partial charge in [0.1, 0.15) is 5.69 Å². The fourth-order valence-corrected chi connectivity index (χ4v) is 2.28. The third kappa shape index (κ3) is 2.72. The van der Waals surface area contributed by atoms with Crippen molar-refractivity contribution in [2.45, 2.75) is 25.0 Å². The largest absolute Gasteiger partial charge is 0.382 e. The summed E-state index contributed by atoms with van der Waals surface area (Å²) in [5.74, 6) is -0.308. The fraction of sp³-hybridized carbons (Fsp3) is 0.462. The molecule has 1 amide bonds. The number of anilines is 1. The molecule has 7 heteroatoms. The van der Waals surface area contributed by atoms with Crippen molar-refractivity contribution in [1.82, 2.24) is 5.32 Å². The lowest BCUT2D eigenvalue weighted by Crippen LogP contribution is -2.47. The highest BCUT2D eigenvalue weighted by Gasteiger charge is 2.31. The van der Waals surface area contributed by atoms with E-state index in [1.807, 2.05) is 0 Å². The summed E-state index contributed by atoms with van der Waals surface area (Å²) in [4.78, 5) is 22.6. The van der Waals surface area contributed by atoms with Crippen molar-refractivity contribution in [2.75, 3.05) is 19.5 Å². The molecule has 0 heterocycles. The van der Waals surface area contributed by atoms with Crippen molar-refractivity contribution in [3.8, 4) is 0 Å². The summed E-state index contributed by atoms with van der Waals surface area (Å²) in [6.07, 6.45) is 1.73. The Bertz CT molecular complexity index is 526. The molecule has 0 aliphatic heterocycles. The van der Waals surface area contributed by atoms with Crippen molar-refractivity contribution < 1.29 is 14.5 Å². The van der Waals surface area contributed by atoms with Crippen LogP contribution >= 0.6 is 0 Å². The molecule has 0 unspecified atom stereocenters. The number of nitrogens with zero attached hydrogens (tertiary/aromatic N) is 1. The minimum Gasteiger partial charge on any atom is -0.382 e. The van der Waals surface area contributed by atoms with E-state index < -0.39 is 4.92 Å². The van der Waals surface area contributed by atoms with Gasteiger partial charge in [-0.05, 0) is 18.9 Å². The Balaban J connectivity index is 2.14. The van der Waals surface area contributed by atoms with E-state index in [9.17, 15) is 14.9 Å². The lowest BCUT2D eigenvalue weighted by Gasteiger charge is -2.34. The van der Waals surface area contributed by atoms with Crippen LogP contribution in [0.5, 0.6) is 0 Å². The normalized spacial score (nSPS) is 20.9. The quantitative estimate of drug-likeness (QED) is 0.630. The zero-order valence-electron chi connectivity index (χ0n) is 11.4. The summed E-state index contributed by atoms with van der Waals surface area (Å²) in [6.45, 7) is 0. The van der Waals surface area contributed by atoms with E-state index >= 15 is 0 Å². The maximum absolute atomic E-state index is 12.2. The Kier molecular flexibility index (Phi) is 4.19. The first-order chi connectivity index (χ1) is 9.56. The average Bonchev–Trinajstić information content (AvgIpc) is 2.40. The lowest BCUT2D eigenvalue weighted by atomic mass is 9.89. The molecule has 0 spiro atoms. The standard InChI is InChI=1S/C13H17N3O4/c1-14-12-10(4-3-5-11(12)16(18)19)13(17)15-8-6-9(7-8)20-2/h3-5,8-9,14H,6-7H2,1-2H3,(H,15,17). The Morgan fingerprint density at radius 3 is 2.70 bits per heavy atom. The molecule has 1 saturated carbocycles. The number of carbonyl (C=O) groups is 1. The highest BCUT2D eigenvalue weighted by molar-refractivity contribution is 6.01. The summed E-state index contributed by atoms with van der Waals surface area (Å²) in [5.41, 5.74) is 0.406. The second-order valence-corrected chi connectivity index (χ2v) is 4.71. The number of nitrogens with one attached hydrogen (secondary N) is 2. The Hall–Kier alpha value is -2.15. The van der Waals surface area contributed by atoms with Crippen LogP contribution in [0.4, 0.5) is 11.4 Å². The van der Waals surface area contributed by atoms with Crippen LogP contribution < -0.4 is 10.6 Å². The van der Waals surface area contributed by atoms with Crippen LogP contribution in [0.2, 0.25) is 0 Å². The maximum atomic E-state index is 12.2. The summed E-state index contributed by atoms with van der Waals surface area (Å²) in [7, 11) is 3.20. The monoisotopic (exact) mass is 279 g/mol. The molecule has 1 aliphatic rings. The number of carbonyl (C=O) groups excluding carboxylic acids is 1. The summed E-state index contributed by atoms with van der Waals surface area (Å²) in [6, 6.07) is 4.51. The molecule has 1 aliphatic carbocycles. The number of hydrogen-bond acceptors (Lipinski definition) is 5. The highest BCUT2D eigenvalue weighted by atomic mass is 16.6. The number of benzene rings is 1. The van der Waals surface area contributed by atoms with Gasteiger partial charge in [0.2, 0.25) is 0 Å². The SMILES string of the molecule is CNc1c(C(=O)NC2CC(OC)C2)cccc1[N+](=O)[O-]. The van der Waals surface area contributed by atoms with Crippen LogP contribution in [0.1, 0.15) is 23.2 Å². The maximum Gasteiger partial charge on any atom is 0.293 e. The molecule has 0 atom stereocenters. The molecule has 7 nitrogen and oxygen atoms in total. The first kappa shape index (κ1) is 14.3. The second-order valence-electron chi connectivity index (χ2n) is 4.71. The van der Waals surface area contributed by atoms with E-state index in [0.717, 1.165) is 12.8 Å². The van der Waals surface area contributed by atoms with Crippen LogP contribution in [0.3, 0.4) is 0 Å². The van der Waals surface area contributed by atoms with Crippen LogP contribution in [0, 0.1) is 10.1 Å². The Morgan fingerprint density at radius 2 is 2.15 bits per heavy atom. The van der Waals surface area contributed by atoms with E-state index in [4.69, 9.17) is 4.74 Å². The average molecular weight is 279 g/mol. The first-order valence-corrected chi connectivity index (χ1v) is 6.35. The predicted molar refractivity (Wildman–Crippen MR) is 73.9 cm³/mol. The second kappa shape index (κ2) is 5.87. The number of nitro benzene ring substituents is 1. The van der Waals surface area contributed by atoms with Gasteiger partial charge in [0.05, 0.1) is 16.6 Å². The molecular formula is C13H17N3O4. The zero-order chi connectivity index (χ0) is 14.7. The van der Waals surface area contributed by atoms with E-state index in [0.29, 0.717) is 0 Å². The van der Waals surface area contributed by atoms with Gasteiger partial charge in [-0.1, -0.05) is 6.07 Å². The summed E-state index contributed by atoms with van der Waals surface area (Å²) < 4.78 is 5.15. The number of rotatable bonds is 5. The van der Waals surface area contributed by atoms with Gasteiger partial charge in [0.25, 0.3) is 11.6 Å². The fourth-order valence-electron chi connectivity index (χ4n) is 2.28. The molecular weight excluding hydrogens is 262 g/mol. The number of para-hydroxylation sites is 1. The van der Waals surface area contributed by atoms with Gasteiger partial charge >= 0.3 is 0 Å². The van der Waals surface area contributed by atoms with Crippen molar-refractivity contribution in [3.63, 3.8) is 0 Å². The minimum atomic E-state index is -0.507. The van der Waals surface area contributed by atoms with Crippen molar-refractivity contribution in [1.29, 1.82) is 0 Å². The van der Waals surface area contributed by atoms with Crippen molar-refractivity contribution in [3.05, 3.63) is 33.9 Å². The molecule has 108 valence electrons. The van der Waals surface area contributed by atoms with Crippen LogP contribution in [0.15, 0.2) is 18.2 Å². The number of nitro groups is 1. The molecule has 0 saturated heterocycles. The number of hydrogen-bond donors (Lipinski definition) is 2. The van der Waals surface area contributed by atoms with E-state index in [1.165, 1.54) is 12.1 Å². The Morgan fingerprint density at radius 1 is 1.45 bits per heavy atom. The van der Waals surface area contributed by atoms with E-state index in [-0.39, 0.29) is 35.0 Å².